The molecule has 3 rings (SSSR count). The van der Waals surface area contributed by atoms with Gasteiger partial charge in [0.2, 0.25) is 5.91 Å². The van der Waals surface area contributed by atoms with Gasteiger partial charge in [0.05, 0.1) is 18.8 Å². The normalized spacial score (nSPS) is 26.4. The van der Waals surface area contributed by atoms with Crippen LogP contribution in [0.5, 0.6) is 5.75 Å². The molecule has 2 amide bonds. The minimum Gasteiger partial charge on any atom is -0.490 e. The number of hydrogen-bond acceptors (Lipinski definition) is 7. The number of ether oxygens (including phenoxy) is 2. The van der Waals surface area contributed by atoms with Crippen molar-refractivity contribution >= 4 is 25.8 Å². The van der Waals surface area contributed by atoms with E-state index in [-0.39, 0.29) is 42.5 Å². The summed E-state index contributed by atoms with van der Waals surface area (Å²) in [5.74, 6) is -0.173. The quantitative estimate of drug-likeness (QED) is 0.407. The fourth-order valence-electron chi connectivity index (χ4n) is 5.13. The molecule has 10 heteroatoms. The van der Waals surface area contributed by atoms with E-state index in [2.05, 4.69) is 5.32 Å². The van der Waals surface area contributed by atoms with Gasteiger partial charge < -0.3 is 34.7 Å². The van der Waals surface area contributed by atoms with Crippen LogP contribution >= 0.6 is 0 Å². The van der Waals surface area contributed by atoms with Crippen molar-refractivity contribution in [3.8, 4) is 5.75 Å². The zero-order valence-corrected chi connectivity index (χ0v) is 21.7. The molecule has 190 valence electrons. The van der Waals surface area contributed by atoms with Crippen LogP contribution in [0.1, 0.15) is 44.8 Å². The Morgan fingerprint density at radius 3 is 2.65 bits per heavy atom. The number of amides is 2. The smallest absolute Gasteiger partial charge is 0.252 e. The maximum absolute atomic E-state index is 13.2. The third-order valence-electron chi connectivity index (χ3n) is 7.08. The fourth-order valence-corrected chi connectivity index (χ4v) is 6.98. The Kier molecular flexibility index (Phi) is 8.41. The molecule has 0 aliphatic carbocycles. The van der Waals surface area contributed by atoms with Gasteiger partial charge in [-0.25, -0.2) is 0 Å². The van der Waals surface area contributed by atoms with Gasteiger partial charge in [0.1, 0.15) is 18.0 Å². The molecule has 1 unspecified atom stereocenters. The summed E-state index contributed by atoms with van der Waals surface area (Å²) in [6.45, 7) is 7.58. The number of likely N-dealkylation sites (tertiary alicyclic amines) is 1. The lowest BCUT2D eigenvalue weighted by Crippen LogP contribution is -2.50. The molecule has 1 aromatic rings. The van der Waals surface area contributed by atoms with Gasteiger partial charge in [-0.3, -0.25) is 9.59 Å². The number of anilines is 1. The van der Waals surface area contributed by atoms with Gasteiger partial charge in [-0.1, -0.05) is 6.92 Å². The van der Waals surface area contributed by atoms with Crippen LogP contribution in [0.3, 0.4) is 0 Å². The van der Waals surface area contributed by atoms with Gasteiger partial charge >= 0.3 is 0 Å². The molecule has 2 aliphatic rings. The van der Waals surface area contributed by atoms with Crippen molar-refractivity contribution < 1.29 is 34.1 Å². The molecule has 0 bridgehead atoms. The maximum atomic E-state index is 13.2. The predicted octanol–water partition coefficient (Wildman–Crippen LogP) is 2.03. The number of rotatable bonds is 8. The molecule has 0 aromatic heterocycles. The molecular weight excluding hydrogens is 456 g/mol. The molecule has 2 heterocycles. The van der Waals surface area contributed by atoms with E-state index >= 15 is 0 Å². The van der Waals surface area contributed by atoms with Crippen molar-refractivity contribution in [1.82, 2.24) is 4.90 Å². The lowest BCUT2D eigenvalue weighted by Gasteiger charge is -2.44. The van der Waals surface area contributed by atoms with Crippen molar-refractivity contribution in [3.63, 3.8) is 0 Å². The highest BCUT2D eigenvalue weighted by atomic mass is 28.4. The number of aliphatic hydroxyl groups is 2. The van der Waals surface area contributed by atoms with Gasteiger partial charge in [0, 0.05) is 42.8 Å². The Hall–Kier alpha value is -1.98. The summed E-state index contributed by atoms with van der Waals surface area (Å²) in [5.41, 5.74) is 0.904. The third kappa shape index (κ3) is 5.63. The van der Waals surface area contributed by atoms with Crippen molar-refractivity contribution in [1.29, 1.82) is 0 Å². The van der Waals surface area contributed by atoms with Gasteiger partial charge in [-0.2, -0.15) is 0 Å². The average molecular weight is 495 g/mol. The monoisotopic (exact) mass is 494 g/mol. The summed E-state index contributed by atoms with van der Waals surface area (Å²) in [6, 6.07) is 5.04. The highest BCUT2D eigenvalue weighted by molar-refractivity contribution is 6.71. The van der Waals surface area contributed by atoms with E-state index in [0.717, 1.165) is 18.4 Å². The first-order valence-electron chi connectivity index (χ1n) is 11.9. The molecule has 34 heavy (non-hydrogen) atoms. The summed E-state index contributed by atoms with van der Waals surface area (Å²) >= 11 is 0. The molecule has 4 N–H and O–H groups in total. The van der Waals surface area contributed by atoms with Gasteiger partial charge in [-0.05, 0) is 51.1 Å². The number of carbonyl (C=O) groups is 2. The van der Waals surface area contributed by atoms with E-state index in [1.165, 1.54) is 6.92 Å². The van der Waals surface area contributed by atoms with Crippen LogP contribution in [0.25, 0.3) is 0 Å². The highest BCUT2D eigenvalue weighted by Gasteiger charge is 2.48. The Morgan fingerprint density at radius 2 is 2.06 bits per heavy atom. The van der Waals surface area contributed by atoms with Crippen molar-refractivity contribution in [2.45, 2.75) is 76.1 Å². The SMILES string of the molecule is CO[C@H]1c2cc(NC(=O)[C@H](C)O)ccc2O[C@@H](C(CC(=O)N2CCC[C@H]2CO)[Si](C)(C)O)[C@@H]1C. The van der Waals surface area contributed by atoms with E-state index in [9.17, 15) is 24.6 Å². The summed E-state index contributed by atoms with van der Waals surface area (Å²) in [6.07, 6.45) is -0.148. The Balaban J connectivity index is 1.88. The number of nitrogens with one attached hydrogen (secondary N) is 1. The molecule has 1 saturated heterocycles. The number of nitrogens with zero attached hydrogens (tertiary/aromatic N) is 1. The predicted molar refractivity (Wildman–Crippen MR) is 130 cm³/mol. The van der Waals surface area contributed by atoms with E-state index in [1.807, 2.05) is 20.0 Å². The van der Waals surface area contributed by atoms with Gasteiger partial charge in [-0.15, -0.1) is 0 Å². The molecular formula is C24H38N2O7Si. The van der Waals surface area contributed by atoms with E-state index < -0.39 is 26.4 Å². The van der Waals surface area contributed by atoms with E-state index in [1.54, 1.807) is 30.2 Å². The summed E-state index contributed by atoms with van der Waals surface area (Å²) < 4.78 is 12.2. The number of carbonyl (C=O) groups excluding carboxylic acids is 2. The lowest BCUT2D eigenvalue weighted by atomic mass is 9.86. The number of hydrogen-bond donors (Lipinski definition) is 4. The first kappa shape index (κ1) is 26.6. The molecule has 0 spiro atoms. The summed E-state index contributed by atoms with van der Waals surface area (Å²) in [5, 5.41) is 21.8. The summed E-state index contributed by atoms with van der Waals surface area (Å²) in [4.78, 5) is 38.0. The zero-order valence-electron chi connectivity index (χ0n) is 20.7. The summed E-state index contributed by atoms with van der Waals surface area (Å²) in [7, 11) is -1.24. The van der Waals surface area contributed by atoms with Crippen molar-refractivity contribution in [2.75, 3.05) is 25.6 Å². The Labute approximate surface area is 202 Å². The lowest BCUT2D eigenvalue weighted by molar-refractivity contribution is -0.133. The highest BCUT2D eigenvalue weighted by Crippen LogP contribution is 2.47. The molecule has 1 fully saturated rings. The van der Waals surface area contributed by atoms with Crippen molar-refractivity contribution in [3.05, 3.63) is 23.8 Å². The van der Waals surface area contributed by atoms with Crippen LogP contribution in [-0.2, 0) is 14.3 Å². The van der Waals surface area contributed by atoms with Gasteiger partial charge in [0.15, 0.2) is 8.32 Å². The first-order chi connectivity index (χ1) is 16.0. The minimum atomic E-state index is -2.85. The standard InChI is InChI=1S/C24H38N2O7Si/c1-14-22(32-3)18-11-16(25-24(30)15(2)28)8-9-19(18)33-23(14)20(34(4,5)31)12-21(29)26-10-6-7-17(26)13-27/h8-9,11,14-15,17,20,22-23,27-28,31H,6-7,10,12-13H2,1-5H3,(H,25,30)/t14-,15+,17+,20?,22-,23-/m1/s1. The average Bonchev–Trinajstić information content (AvgIpc) is 3.25. The van der Waals surface area contributed by atoms with E-state index in [4.69, 9.17) is 9.47 Å². The molecule has 9 nitrogen and oxygen atoms in total. The topological polar surface area (TPSA) is 129 Å². The zero-order chi connectivity index (χ0) is 25.2. The van der Waals surface area contributed by atoms with Crippen LogP contribution in [-0.4, -0.2) is 78.6 Å². The molecule has 2 aliphatic heterocycles. The largest absolute Gasteiger partial charge is 0.490 e. The molecule has 0 saturated carbocycles. The van der Waals surface area contributed by atoms with Crippen molar-refractivity contribution in [2.24, 2.45) is 5.92 Å². The van der Waals surface area contributed by atoms with Crippen LogP contribution in [0, 0.1) is 5.92 Å². The second kappa shape index (κ2) is 10.7. The van der Waals surface area contributed by atoms with Crippen LogP contribution in [0.2, 0.25) is 18.6 Å². The Bertz CT molecular complexity index is 889. The van der Waals surface area contributed by atoms with Crippen LogP contribution < -0.4 is 10.1 Å². The number of methoxy groups -OCH3 is 1. The second-order valence-electron chi connectivity index (χ2n) is 10.0. The number of aliphatic hydroxyl groups excluding tert-OH is 2. The molecule has 6 atom stereocenters. The second-order valence-corrected chi connectivity index (χ2v) is 14.1. The maximum Gasteiger partial charge on any atom is 0.252 e. The fraction of sp³-hybridized carbons (Fsp3) is 0.667. The first-order valence-corrected chi connectivity index (χ1v) is 14.9. The Morgan fingerprint density at radius 1 is 1.35 bits per heavy atom. The molecule has 1 aromatic carbocycles. The van der Waals surface area contributed by atoms with Gasteiger partial charge in [0.25, 0.3) is 5.91 Å². The van der Waals surface area contributed by atoms with Crippen LogP contribution in [0.15, 0.2) is 18.2 Å². The van der Waals surface area contributed by atoms with Crippen LogP contribution in [0.4, 0.5) is 5.69 Å². The van der Waals surface area contributed by atoms with E-state index in [0.29, 0.717) is 18.0 Å². The molecule has 0 radical (unpaired) electrons. The third-order valence-corrected chi connectivity index (χ3v) is 9.43. The number of fused-ring (bicyclic) bond motifs is 1. The number of benzene rings is 1. The minimum absolute atomic E-state index is 0.0558.